The Bertz CT molecular complexity index is 346. The van der Waals surface area contributed by atoms with Crippen molar-refractivity contribution in [1.29, 1.82) is 0 Å². The predicted molar refractivity (Wildman–Crippen MR) is 78.1 cm³/mol. The Morgan fingerprint density at radius 1 is 1.21 bits per heavy atom. The minimum atomic E-state index is -3.31. The number of nitrogens with one attached hydrogen (secondary N) is 1. The minimum absolute atomic E-state index is 0.322. The smallest absolute Gasteiger partial charge is 0.279 e. The number of hydrogen-bond acceptors (Lipinski definition) is 4. The van der Waals surface area contributed by atoms with E-state index >= 15 is 0 Å². The van der Waals surface area contributed by atoms with Gasteiger partial charge in [-0.25, -0.2) is 4.72 Å². The van der Waals surface area contributed by atoms with E-state index < -0.39 is 10.2 Å². The van der Waals surface area contributed by atoms with Crippen LogP contribution < -0.4 is 10.5 Å². The molecule has 3 N–H and O–H groups in total. The lowest BCUT2D eigenvalue weighted by atomic mass is 10.2. The highest BCUT2D eigenvalue weighted by atomic mass is 32.2. The van der Waals surface area contributed by atoms with Gasteiger partial charge < -0.3 is 10.6 Å². The maximum Gasteiger partial charge on any atom is 0.279 e. The van der Waals surface area contributed by atoms with Crippen LogP contribution in [0.25, 0.3) is 0 Å². The normalized spacial score (nSPS) is 19.8. The fraction of sp³-hybridized carbons (Fsp3) is 1.00. The second-order valence-electron chi connectivity index (χ2n) is 5.48. The molecule has 114 valence electrons. The van der Waals surface area contributed by atoms with Gasteiger partial charge in [0.15, 0.2) is 0 Å². The Kier molecular flexibility index (Phi) is 7.23. The molecule has 0 aliphatic carbocycles. The molecule has 0 radical (unpaired) electrons. The highest BCUT2D eigenvalue weighted by molar-refractivity contribution is 7.87. The zero-order valence-corrected chi connectivity index (χ0v) is 13.0. The van der Waals surface area contributed by atoms with E-state index in [1.54, 1.807) is 4.31 Å². The Labute approximate surface area is 117 Å². The van der Waals surface area contributed by atoms with Gasteiger partial charge in [-0.05, 0) is 38.4 Å². The first-order chi connectivity index (χ1) is 8.95. The van der Waals surface area contributed by atoms with E-state index in [0.29, 0.717) is 32.1 Å². The predicted octanol–water partition coefficient (Wildman–Crippen LogP) is -0.167. The molecule has 0 unspecified atom stereocenters. The highest BCUT2D eigenvalue weighted by Crippen LogP contribution is 2.07. The molecule has 0 aromatic heterocycles. The second kappa shape index (κ2) is 8.16. The molecule has 6 nitrogen and oxygen atoms in total. The monoisotopic (exact) mass is 292 g/mol. The number of hydrogen-bond donors (Lipinski definition) is 2. The third kappa shape index (κ3) is 6.18. The summed E-state index contributed by atoms with van der Waals surface area (Å²) in [5.74, 6) is 0.322. The Morgan fingerprint density at radius 3 is 2.58 bits per heavy atom. The van der Waals surface area contributed by atoms with Crippen molar-refractivity contribution in [1.82, 2.24) is 13.9 Å². The van der Waals surface area contributed by atoms with Gasteiger partial charge in [0.05, 0.1) is 0 Å². The summed E-state index contributed by atoms with van der Waals surface area (Å²) < 4.78 is 28.5. The third-order valence-electron chi connectivity index (χ3n) is 3.24. The molecule has 0 amide bonds. The summed E-state index contributed by atoms with van der Waals surface area (Å²) in [5.41, 5.74) is 5.51. The van der Waals surface area contributed by atoms with Crippen molar-refractivity contribution in [2.45, 2.75) is 26.7 Å². The highest BCUT2D eigenvalue weighted by Gasteiger charge is 2.24. The van der Waals surface area contributed by atoms with E-state index in [1.165, 1.54) is 0 Å². The first kappa shape index (κ1) is 16.8. The van der Waals surface area contributed by atoms with E-state index in [0.717, 1.165) is 32.5 Å². The standard InChI is InChI=1S/C12H28N4O2S/c1-12(2)11-14-19(17,18)16-8-4-7-15(9-10-16)6-3-5-13/h12,14H,3-11,13H2,1-2H3. The van der Waals surface area contributed by atoms with Gasteiger partial charge in [0.2, 0.25) is 0 Å². The average Bonchev–Trinajstić information content (AvgIpc) is 2.60. The molecule has 1 rings (SSSR count). The van der Waals surface area contributed by atoms with Crippen LogP contribution in [0, 0.1) is 5.92 Å². The molecule has 1 fully saturated rings. The summed E-state index contributed by atoms with van der Waals surface area (Å²) in [4.78, 5) is 2.30. The van der Waals surface area contributed by atoms with Crippen LogP contribution in [0.1, 0.15) is 26.7 Å². The molecule has 1 heterocycles. The maximum atomic E-state index is 12.1. The summed E-state index contributed by atoms with van der Waals surface area (Å²) in [6.45, 7) is 9.07. The van der Waals surface area contributed by atoms with Crippen molar-refractivity contribution in [2.24, 2.45) is 11.7 Å². The lowest BCUT2D eigenvalue weighted by molar-refractivity contribution is 0.284. The summed E-state index contributed by atoms with van der Waals surface area (Å²) in [5, 5.41) is 0. The van der Waals surface area contributed by atoms with Crippen LogP contribution in [0.4, 0.5) is 0 Å². The van der Waals surface area contributed by atoms with Gasteiger partial charge in [-0.15, -0.1) is 0 Å². The van der Waals surface area contributed by atoms with Crippen molar-refractivity contribution >= 4 is 10.2 Å². The van der Waals surface area contributed by atoms with Crippen LogP contribution in [-0.4, -0.2) is 63.4 Å². The number of nitrogens with two attached hydrogens (primary N) is 1. The van der Waals surface area contributed by atoms with Gasteiger partial charge in [0, 0.05) is 26.2 Å². The van der Waals surface area contributed by atoms with Crippen molar-refractivity contribution in [3.05, 3.63) is 0 Å². The molecule has 1 saturated heterocycles. The summed E-state index contributed by atoms with van der Waals surface area (Å²) in [7, 11) is -3.31. The van der Waals surface area contributed by atoms with E-state index in [9.17, 15) is 8.42 Å². The Morgan fingerprint density at radius 2 is 1.95 bits per heavy atom. The van der Waals surface area contributed by atoms with Gasteiger partial charge in [-0.2, -0.15) is 12.7 Å². The van der Waals surface area contributed by atoms with Gasteiger partial charge in [0.25, 0.3) is 10.2 Å². The SMILES string of the molecule is CC(C)CNS(=O)(=O)N1CCCN(CCCN)CC1. The third-order valence-corrected chi connectivity index (χ3v) is 4.82. The van der Waals surface area contributed by atoms with Gasteiger partial charge in [0.1, 0.15) is 0 Å². The molecular weight excluding hydrogens is 264 g/mol. The molecule has 1 aliphatic heterocycles. The molecule has 0 aromatic rings. The fourth-order valence-electron chi connectivity index (χ4n) is 2.09. The first-order valence-corrected chi connectivity index (χ1v) is 8.57. The largest absolute Gasteiger partial charge is 0.330 e. The zero-order chi connectivity index (χ0) is 14.3. The molecule has 0 atom stereocenters. The van der Waals surface area contributed by atoms with Crippen LogP contribution >= 0.6 is 0 Å². The van der Waals surface area contributed by atoms with E-state index in [-0.39, 0.29) is 0 Å². The molecule has 7 heteroatoms. The van der Waals surface area contributed by atoms with Crippen molar-refractivity contribution in [3.63, 3.8) is 0 Å². The van der Waals surface area contributed by atoms with E-state index in [4.69, 9.17) is 5.73 Å². The van der Waals surface area contributed by atoms with Crippen LogP contribution in [0.15, 0.2) is 0 Å². The molecule has 0 aromatic carbocycles. The molecule has 19 heavy (non-hydrogen) atoms. The van der Waals surface area contributed by atoms with Crippen molar-refractivity contribution in [3.8, 4) is 0 Å². The number of rotatable bonds is 7. The molecular formula is C12H28N4O2S. The average molecular weight is 292 g/mol. The quantitative estimate of drug-likeness (QED) is 0.683. The van der Waals surface area contributed by atoms with Gasteiger partial charge >= 0.3 is 0 Å². The van der Waals surface area contributed by atoms with Crippen LogP contribution in [-0.2, 0) is 10.2 Å². The Balaban J connectivity index is 2.47. The lowest BCUT2D eigenvalue weighted by Gasteiger charge is -2.22. The molecule has 1 aliphatic rings. The molecule has 0 saturated carbocycles. The van der Waals surface area contributed by atoms with Crippen LogP contribution in [0.5, 0.6) is 0 Å². The van der Waals surface area contributed by atoms with Crippen molar-refractivity contribution < 1.29 is 8.42 Å². The van der Waals surface area contributed by atoms with E-state index in [2.05, 4.69) is 9.62 Å². The zero-order valence-electron chi connectivity index (χ0n) is 12.1. The van der Waals surface area contributed by atoms with Crippen LogP contribution in [0.2, 0.25) is 0 Å². The topological polar surface area (TPSA) is 78.7 Å². The first-order valence-electron chi connectivity index (χ1n) is 7.13. The summed E-state index contributed by atoms with van der Waals surface area (Å²) in [6.07, 6.45) is 1.85. The second-order valence-corrected chi connectivity index (χ2v) is 7.24. The van der Waals surface area contributed by atoms with Gasteiger partial charge in [-0.1, -0.05) is 13.8 Å². The lowest BCUT2D eigenvalue weighted by Crippen LogP contribution is -2.43. The maximum absolute atomic E-state index is 12.1. The fourth-order valence-corrected chi connectivity index (χ4v) is 3.51. The van der Waals surface area contributed by atoms with Crippen LogP contribution in [0.3, 0.4) is 0 Å². The van der Waals surface area contributed by atoms with Crippen molar-refractivity contribution in [2.75, 3.05) is 45.8 Å². The summed E-state index contributed by atoms with van der Waals surface area (Å²) >= 11 is 0. The minimum Gasteiger partial charge on any atom is -0.330 e. The van der Waals surface area contributed by atoms with E-state index in [1.807, 2.05) is 13.8 Å². The molecule has 0 bridgehead atoms. The molecule has 0 spiro atoms. The van der Waals surface area contributed by atoms with Gasteiger partial charge in [-0.3, -0.25) is 0 Å². The number of nitrogens with zero attached hydrogens (tertiary/aromatic N) is 2. The Hall–Kier alpha value is -0.210. The summed E-state index contributed by atoms with van der Waals surface area (Å²) in [6, 6.07) is 0.